The number of nitrogens with one attached hydrogen (secondary N) is 1. The topological polar surface area (TPSA) is 35.8 Å². The van der Waals surface area contributed by atoms with Crippen molar-refractivity contribution >= 4 is 0 Å². The zero-order chi connectivity index (χ0) is 9.23. The van der Waals surface area contributed by atoms with Gasteiger partial charge in [-0.15, -0.1) is 6.42 Å². The monoisotopic (exact) mass is 164 g/mol. The first kappa shape index (κ1) is 11.0. The van der Waals surface area contributed by atoms with E-state index in [2.05, 4.69) is 24.2 Å². The molecule has 1 atom stereocenters. The molecule has 2 nitrogen and oxygen atoms in total. The quantitative estimate of drug-likeness (QED) is 0.479. The first-order valence-corrected chi connectivity index (χ1v) is 4.41. The summed E-state index contributed by atoms with van der Waals surface area (Å²) in [6, 6.07) is 2.13. The van der Waals surface area contributed by atoms with Gasteiger partial charge in [-0.2, -0.15) is 5.26 Å². The Morgan fingerprint density at radius 2 is 2.25 bits per heavy atom. The van der Waals surface area contributed by atoms with Crippen molar-refractivity contribution in [3.8, 4) is 18.4 Å². The first-order chi connectivity index (χ1) is 5.85. The Hall–Kier alpha value is -0.990. The van der Waals surface area contributed by atoms with Crippen molar-refractivity contribution in [1.82, 2.24) is 5.32 Å². The highest BCUT2D eigenvalue weighted by Crippen LogP contribution is 2.02. The normalized spacial score (nSPS) is 11.6. The lowest BCUT2D eigenvalue weighted by Crippen LogP contribution is -2.27. The summed E-state index contributed by atoms with van der Waals surface area (Å²) in [6.07, 6.45) is 9.45. The van der Waals surface area contributed by atoms with E-state index in [0.29, 0.717) is 6.54 Å². The molecule has 0 saturated carbocycles. The molecule has 12 heavy (non-hydrogen) atoms. The molecule has 0 bridgehead atoms. The summed E-state index contributed by atoms with van der Waals surface area (Å²) in [5, 5.41) is 11.7. The Balaban J connectivity index is 3.43. The largest absolute Gasteiger partial charge is 0.291 e. The van der Waals surface area contributed by atoms with E-state index in [9.17, 15) is 0 Å². The molecule has 1 unspecified atom stereocenters. The van der Waals surface area contributed by atoms with Crippen LogP contribution in [-0.4, -0.2) is 12.6 Å². The lowest BCUT2D eigenvalue weighted by Gasteiger charge is -2.07. The second-order valence-electron chi connectivity index (χ2n) is 2.76. The summed E-state index contributed by atoms with van der Waals surface area (Å²) >= 11 is 0. The molecule has 0 aromatic heterocycles. The molecule has 0 spiro atoms. The number of nitrogens with zero attached hydrogens (tertiary/aromatic N) is 1. The molecule has 66 valence electrons. The summed E-state index contributed by atoms with van der Waals surface area (Å²) in [7, 11) is 0. The Morgan fingerprint density at radius 3 is 2.75 bits per heavy atom. The lowest BCUT2D eigenvalue weighted by atomic mass is 10.1. The van der Waals surface area contributed by atoms with E-state index in [4.69, 9.17) is 11.7 Å². The molecular weight excluding hydrogens is 148 g/mol. The van der Waals surface area contributed by atoms with E-state index in [-0.39, 0.29) is 6.04 Å². The summed E-state index contributed by atoms with van der Waals surface area (Å²) in [5.41, 5.74) is 0. The summed E-state index contributed by atoms with van der Waals surface area (Å²) in [5.74, 6) is 2.46. The Bertz CT molecular complexity index is 173. The molecule has 0 saturated heterocycles. The lowest BCUT2D eigenvalue weighted by molar-refractivity contribution is 0.556. The number of hydrogen-bond acceptors (Lipinski definition) is 2. The second-order valence-corrected chi connectivity index (χ2v) is 2.76. The maximum atomic E-state index is 8.67. The first-order valence-electron chi connectivity index (χ1n) is 4.41. The molecule has 2 heteroatoms. The molecule has 0 amide bonds. The average molecular weight is 164 g/mol. The van der Waals surface area contributed by atoms with E-state index in [1.165, 1.54) is 12.8 Å². The Labute approximate surface area is 75.0 Å². The third kappa shape index (κ3) is 5.77. The van der Waals surface area contributed by atoms with Crippen LogP contribution in [0.2, 0.25) is 0 Å². The third-order valence-corrected chi connectivity index (χ3v) is 1.70. The fourth-order valence-corrected chi connectivity index (χ4v) is 0.993. The molecule has 0 radical (unpaired) electrons. The maximum absolute atomic E-state index is 8.67. The molecule has 0 rings (SSSR count). The van der Waals surface area contributed by atoms with E-state index in [1.807, 2.05) is 0 Å². The Kier molecular flexibility index (Phi) is 7.44. The molecule has 0 heterocycles. The number of terminal acetylenes is 1. The summed E-state index contributed by atoms with van der Waals surface area (Å²) in [6.45, 7) is 2.64. The van der Waals surface area contributed by atoms with Crippen molar-refractivity contribution < 1.29 is 0 Å². The SMILES string of the molecule is C#CCNC(C#N)CCCCC. The van der Waals surface area contributed by atoms with E-state index in [0.717, 1.165) is 12.8 Å². The van der Waals surface area contributed by atoms with Gasteiger partial charge in [-0.25, -0.2) is 0 Å². The highest BCUT2D eigenvalue weighted by Gasteiger charge is 2.03. The predicted octanol–water partition coefficient (Wildman–Crippen LogP) is 1.68. The zero-order valence-corrected chi connectivity index (χ0v) is 7.64. The fourth-order valence-electron chi connectivity index (χ4n) is 0.993. The molecule has 0 aliphatic carbocycles. The number of nitriles is 1. The van der Waals surface area contributed by atoms with Crippen LogP contribution in [0.5, 0.6) is 0 Å². The smallest absolute Gasteiger partial charge is 0.0960 e. The molecule has 1 N–H and O–H groups in total. The van der Waals surface area contributed by atoms with Crippen LogP contribution in [0.1, 0.15) is 32.6 Å². The summed E-state index contributed by atoms with van der Waals surface area (Å²) in [4.78, 5) is 0. The van der Waals surface area contributed by atoms with Gasteiger partial charge in [0.25, 0.3) is 0 Å². The van der Waals surface area contributed by atoms with Crippen LogP contribution in [-0.2, 0) is 0 Å². The molecule has 0 aromatic rings. The van der Waals surface area contributed by atoms with E-state index < -0.39 is 0 Å². The van der Waals surface area contributed by atoms with Gasteiger partial charge in [-0.05, 0) is 6.42 Å². The van der Waals surface area contributed by atoms with Gasteiger partial charge in [0.15, 0.2) is 0 Å². The van der Waals surface area contributed by atoms with Crippen LogP contribution in [0.3, 0.4) is 0 Å². The van der Waals surface area contributed by atoms with Crippen molar-refractivity contribution in [3.05, 3.63) is 0 Å². The van der Waals surface area contributed by atoms with Gasteiger partial charge in [0.1, 0.15) is 0 Å². The van der Waals surface area contributed by atoms with Crippen LogP contribution in [0, 0.1) is 23.7 Å². The van der Waals surface area contributed by atoms with Crippen LogP contribution in [0.25, 0.3) is 0 Å². The number of rotatable bonds is 6. The van der Waals surface area contributed by atoms with Gasteiger partial charge in [0, 0.05) is 0 Å². The van der Waals surface area contributed by atoms with Gasteiger partial charge >= 0.3 is 0 Å². The van der Waals surface area contributed by atoms with Crippen molar-refractivity contribution in [2.45, 2.75) is 38.6 Å². The molecular formula is C10H16N2. The maximum Gasteiger partial charge on any atom is 0.0960 e. The Morgan fingerprint density at radius 1 is 1.50 bits per heavy atom. The van der Waals surface area contributed by atoms with E-state index in [1.54, 1.807) is 0 Å². The predicted molar refractivity (Wildman–Crippen MR) is 50.4 cm³/mol. The van der Waals surface area contributed by atoms with Crippen molar-refractivity contribution in [2.75, 3.05) is 6.54 Å². The molecule has 0 fully saturated rings. The molecule has 0 aromatic carbocycles. The van der Waals surface area contributed by atoms with Crippen molar-refractivity contribution in [3.63, 3.8) is 0 Å². The van der Waals surface area contributed by atoms with Crippen LogP contribution < -0.4 is 5.32 Å². The van der Waals surface area contributed by atoms with Gasteiger partial charge in [0.05, 0.1) is 18.7 Å². The van der Waals surface area contributed by atoms with Crippen molar-refractivity contribution in [2.24, 2.45) is 0 Å². The third-order valence-electron chi connectivity index (χ3n) is 1.70. The van der Waals surface area contributed by atoms with Gasteiger partial charge < -0.3 is 0 Å². The van der Waals surface area contributed by atoms with Gasteiger partial charge in [0.2, 0.25) is 0 Å². The molecule has 0 aliphatic heterocycles. The van der Waals surface area contributed by atoms with Gasteiger partial charge in [-0.3, -0.25) is 5.32 Å². The highest BCUT2D eigenvalue weighted by atomic mass is 14.9. The standard InChI is InChI=1S/C10H16N2/c1-3-5-6-7-10(9-11)12-8-4-2/h2,10,12H,3,5-8H2,1H3. The van der Waals surface area contributed by atoms with Crippen LogP contribution in [0.15, 0.2) is 0 Å². The molecule has 0 aliphatic rings. The highest BCUT2D eigenvalue weighted by molar-refractivity contribution is 4.95. The zero-order valence-electron chi connectivity index (χ0n) is 7.64. The minimum Gasteiger partial charge on any atom is -0.291 e. The minimum absolute atomic E-state index is 0.0624. The van der Waals surface area contributed by atoms with Gasteiger partial charge in [-0.1, -0.05) is 32.1 Å². The fraction of sp³-hybridized carbons (Fsp3) is 0.700. The van der Waals surface area contributed by atoms with Crippen LogP contribution >= 0.6 is 0 Å². The van der Waals surface area contributed by atoms with Crippen molar-refractivity contribution in [1.29, 1.82) is 5.26 Å². The van der Waals surface area contributed by atoms with E-state index >= 15 is 0 Å². The minimum atomic E-state index is -0.0624. The van der Waals surface area contributed by atoms with Crippen LogP contribution in [0.4, 0.5) is 0 Å². The second kappa shape index (κ2) is 8.11. The number of hydrogen-bond donors (Lipinski definition) is 1. The average Bonchev–Trinajstić information content (AvgIpc) is 2.11. The number of unbranched alkanes of at least 4 members (excludes halogenated alkanes) is 2. The summed E-state index contributed by atoms with van der Waals surface area (Å²) < 4.78 is 0.